The molecule has 1 aromatic carbocycles. The average molecular weight is 335 g/mol. The Balaban J connectivity index is 0.00000242. The zero-order valence-corrected chi connectivity index (χ0v) is 13.5. The van der Waals surface area contributed by atoms with E-state index in [1.807, 2.05) is 0 Å². The van der Waals surface area contributed by atoms with Crippen LogP contribution in [0.1, 0.15) is 24.9 Å². The first kappa shape index (κ1) is 18.8. The molecular formula is C15H21ClF2N2O2. The average Bonchev–Trinajstić information content (AvgIpc) is 2.49. The summed E-state index contributed by atoms with van der Waals surface area (Å²) in [5.41, 5.74) is 0.562. The quantitative estimate of drug-likeness (QED) is 0.918. The molecule has 4 nitrogen and oxygen atoms in total. The molecule has 1 amide bonds. The summed E-state index contributed by atoms with van der Waals surface area (Å²) in [6.45, 7) is 3.83. The number of halogens is 3. The van der Waals surface area contributed by atoms with Crippen molar-refractivity contribution in [2.75, 3.05) is 26.7 Å². The summed E-state index contributed by atoms with van der Waals surface area (Å²) in [4.78, 5) is 13.8. The fraction of sp³-hybridized carbons (Fsp3) is 0.533. The number of carbonyl (C=O) groups excluding carboxylic acids is 1. The van der Waals surface area contributed by atoms with Gasteiger partial charge in [0.1, 0.15) is 0 Å². The smallest absolute Gasteiger partial charge is 0.225 e. The highest BCUT2D eigenvalue weighted by molar-refractivity contribution is 5.85. The van der Waals surface area contributed by atoms with E-state index in [9.17, 15) is 13.6 Å². The lowest BCUT2D eigenvalue weighted by Crippen LogP contribution is -2.42. The van der Waals surface area contributed by atoms with Gasteiger partial charge < -0.3 is 15.0 Å². The summed E-state index contributed by atoms with van der Waals surface area (Å²) >= 11 is 0. The van der Waals surface area contributed by atoms with Crippen molar-refractivity contribution in [1.82, 2.24) is 10.2 Å². The van der Waals surface area contributed by atoms with Gasteiger partial charge >= 0.3 is 0 Å². The Bertz CT molecular complexity index is 510. The molecule has 2 unspecified atom stereocenters. The van der Waals surface area contributed by atoms with E-state index in [-0.39, 0.29) is 36.9 Å². The van der Waals surface area contributed by atoms with Crippen LogP contribution in [0.5, 0.6) is 0 Å². The van der Waals surface area contributed by atoms with Crippen LogP contribution in [0.2, 0.25) is 0 Å². The predicted octanol–water partition coefficient (Wildman–Crippen LogP) is 2.28. The summed E-state index contributed by atoms with van der Waals surface area (Å²) < 4.78 is 31.7. The SMILES string of the molecule is CC(c1ccc(F)c(F)c1)N(C)C(=O)CC1CNCCO1.Cl. The summed E-state index contributed by atoms with van der Waals surface area (Å²) in [5.74, 6) is -1.87. The highest BCUT2D eigenvalue weighted by atomic mass is 35.5. The second-order valence-corrected chi connectivity index (χ2v) is 5.26. The molecule has 0 radical (unpaired) electrons. The van der Waals surface area contributed by atoms with Gasteiger partial charge in [-0.25, -0.2) is 8.78 Å². The molecule has 1 fully saturated rings. The Morgan fingerprint density at radius 3 is 2.77 bits per heavy atom. The molecule has 1 N–H and O–H groups in total. The molecule has 0 aliphatic carbocycles. The fourth-order valence-corrected chi connectivity index (χ4v) is 2.30. The zero-order valence-electron chi connectivity index (χ0n) is 12.6. The van der Waals surface area contributed by atoms with Gasteiger partial charge in [0.25, 0.3) is 0 Å². The highest BCUT2D eigenvalue weighted by Gasteiger charge is 2.23. The summed E-state index contributed by atoms with van der Waals surface area (Å²) in [5, 5.41) is 3.17. The number of nitrogens with one attached hydrogen (secondary N) is 1. The maximum Gasteiger partial charge on any atom is 0.225 e. The van der Waals surface area contributed by atoms with E-state index in [1.165, 1.54) is 11.0 Å². The lowest BCUT2D eigenvalue weighted by atomic mass is 10.1. The zero-order chi connectivity index (χ0) is 15.4. The third kappa shape index (κ3) is 4.63. The number of nitrogens with zero attached hydrogens (tertiary/aromatic N) is 1. The van der Waals surface area contributed by atoms with Crippen molar-refractivity contribution in [3.05, 3.63) is 35.4 Å². The van der Waals surface area contributed by atoms with Gasteiger partial charge in [-0.2, -0.15) is 0 Å². The molecule has 0 bridgehead atoms. The number of carbonyl (C=O) groups is 1. The van der Waals surface area contributed by atoms with Crippen molar-refractivity contribution in [3.8, 4) is 0 Å². The van der Waals surface area contributed by atoms with Crippen molar-refractivity contribution in [3.63, 3.8) is 0 Å². The minimum absolute atomic E-state index is 0. The number of hydrogen-bond acceptors (Lipinski definition) is 3. The van der Waals surface area contributed by atoms with Crippen molar-refractivity contribution >= 4 is 18.3 Å². The van der Waals surface area contributed by atoms with Gasteiger partial charge in [-0.3, -0.25) is 4.79 Å². The molecular weight excluding hydrogens is 314 g/mol. The fourth-order valence-electron chi connectivity index (χ4n) is 2.30. The monoisotopic (exact) mass is 334 g/mol. The molecule has 0 aromatic heterocycles. The maximum absolute atomic E-state index is 13.3. The third-order valence-electron chi connectivity index (χ3n) is 3.81. The van der Waals surface area contributed by atoms with Crippen molar-refractivity contribution in [1.29, 1.82) is 0 Å². The molecule has 22 heavy (non-hydrogen) atoms. The molecule has 1 aliphatic rings. The Hall–Kier alpha value is -1.24. The molecule has 2 atom stereocenters. The number of benzene rings is 1. The van der Waals surface area contributed by atoms with Gasteiger partial charge in [0.15, 0.2) is 11.6 Å². The van der Waals surface area contributed by atoms with E-state index in [2.05, 4.69) is 5.32 Å². The van der Waals surface area contributed by atoms with Crippen LogP contribution in [0.4, 0.5) is 8.78 Å². The van der Waals surface area contributed by atoms with Crippen LogP contribution < -0.4 is 5.32 Å². The summed E-state index contributed by atoms with van der Waals surface area (Å²) in [6, 6.07) is 3.37. The Kier molecular flexibility index (Phi) is 7.19. The van der Waals surface area contributed by atoms with Crippen LogP contribution in [0.15, 0.2) is 18.2 Å². The number of hydrogen-bond donors (Lipinski definition) is 1. The normalized spacial score (nSPS) is 19.2. The van der Waals surface area contributed by atoms with E-state index < -0.39 is 11.6 Å². The Morgan fingerprint density at radius 1 is 1.45 bits per heavy atom. The first-order valence-corrected chi connectivity index (χ1v) is 7.02. The van der Waals surface area contributed by atoms with E-state index in [4.69, 9.17) is 4.74 Å². The standard InChI is InChI=1S/C15H20F2N2O2.ClH/c1-10(11-3-4-13(16)14(17)7-11)19(2)15(20)8-12-9-18-5-6-21-12;/h3-4,7,10,12,18H,5-6,8-9H2,1-2H3;1H. The van der Waals surface area contributed by atoms with Crippen LogP contribution in [0.25, 0.3) is 0 Å². The minimum Gasteiger partial charge on any atom is -0.375 e. The van der Waals surface area contributed by atoms with Gasteiger partial charge in [0, 0.05) is 20.1 Å². The van der Waals surface area contributed by atoms with Crippen molar-refractivity contribution in [2.45, 2.75) is 25.5 Å². The maximum atomic E-state index is 13.3. The molecule has 1 aliphatic heterocycles. The Labute approximate surface area is 135 Å². The summed E-state index contributed by atoms with van der Waals surface area (Å²) in [7, 11) is 1.66. The third-order valence-corrected chi connectivity index (χ3v) is 3.81. The lowest BCUT2D eigenvalue weighted by molar-refractivity contribution is -0.135. The van der Waals surface area contributed by atoms with Crippen LogP contribution >= 0.6 is 12.4 Å². The van der Waals surface area contributed by atoms with E-state index >= 15 is 0 Å². The molecule has 1 aromatic rings. The van der Waals surface area contributed by atoms with Crippen molar-refractivity contribution < 1.29 is 18.3 Å². The van der Waals surface area contributed by atoms with Gasteiger partial charge in [-0.1, -0.05) is 6.07 Å². The largest absolute Gasteiger partial charge is 0.375 e. The first-order chi connectivity index (χ1) is 9.99. The predicted molar refractivity (Wildman–Crippen MR) is 82.0 cm³/mol. The molecule has 124 valence electrons. The first-order valence-electron chi connectivity index (χ1n) is 7.02. The number of ether oxygens (including phenoxy) is 1. The van der Waals surface area contributed by atoms with Crippen LogP contribution in [-0.4, -0.2) is 43.7 Å². The minimum atomic E-state index is -0.903. The van der Waals surface area contributed by atoms with Gasteiger partial charge in [0.05, 0.1) is 25.2 Å². The number of rotatable bonds is 4. The molecule has 2 rings (SSSR count). The second-order valence-electron chi connectivity index (χ2n) is 5.26. The molecule has 1 saturated heterocycles. The second kappa shape index (κ2) is 8.41. The van der Waals surface area contributed by atoms with Gasteiger partial charge in [-0.15, -0.1) is 12.4 Å². The lowest BCUT2D eigenvalue weighted by Gasteiger charge is -2.29. The van der Waals surface area contributed by atoms with Gasteiger partial charge in [-0.05, 0) is 24.6 Å². The Morgan fingerprint density at radius 2 is 2.18 bits per heavy atom. The van der Waals surface area contributed by atoms with Crippen LogP contribution in [-0.2, 0) is 9.53 Å². The highest BCUT2D eigenvalue weighted by Crippen LogP contribution is 2.22. The molecule has 7 heteroatoms. The molecule has 0 spiro atoms. The molecule has 0 saturated carbocycles. The number of morpholine rings is 1. The topological polar surface area (TPSA) is 41.6 Å². The van der Waals surface area contributed by atoms with Crippen LogP contribution in [0.3, 0.4) is 0 Å². The number of amides is 1. The van der Waals surface area contributed by atoms with Gasteiger partial charge in [0.2, 0.25) is 5.91 Å². The van der Waals surface area contributed by atoms with E-state index in [0.717, 1.165) is 18.7 Å². The van der Waals surface area contributed by atoms with E-state index in [0.29, 0.717) is 18.7 Å². The summed E-state index contributed by atoms with van der Waals surface area (Å²) in [6.07, 6.45) is 0.142. The van der Waals surface area contributed by atoms with Crippen LogP contribution in [0, 0.1) is 11.6 Å². The molecule has 1 heterocycles. The van der Waals surface area contributed by atoms with E-state index in [1.54, 1.807) is 14.0 Å². The van der Waals surface area contributed by atoms with Crippen molar-refractivity contribution in [2.24, 2.45) is 0 Å².